The Hall–Kier alpha value is -3.05. The van der Waals surface area contributed by atoms with Crippen molar-refractivity contribution < 1.29 is 14.6 Å². The summed E-state index contributed by atoms with van der Waals surface area (Å²) in [5.41, 5.74) is 3.34. The van der Waals surface area contributed by atoms with Gasteiger partial charge in [-0.05, 0) is 41.0 Å². The molecule has 0 bridgehead atoms. The Morgan fingerprint density at radius 3 is 2.24 bits per heavy atom. The molecule has 3 aromatic carbocycles. The monoisotopic (exact) mass is 449 g/mol. The fraction of sp³-hybridized carbons (Fsp3) is 0.125. The van der Waals surface area contributed by atoms with E-state index in [0.29, 0.717) is 12.1 Å². The third-order valence-corrected chi connectivity index (χ3v) is 5.61. The highest BCUT2D eigenvalue weighted by Crippen LogP contribution is 2.44. The highest BCUT2D eigenvalue weighted by atomic mass is 79.9. The van der Waals surface area contributed by atoms with Crippen LogP contribution in [0.15, 0.2) is 89.1 Å². The largest absolute Gasteiger partial charge is 0.503 e. The Balaban J connectivity index is 1.80. The third-order valence-electron chi connectivity index (χ3n) is 5.09. The van der Waals surface area contributed by atoms with Gasteiger partial charge in [-0.25, -0.2) is 0 Å². The van der Waals surface area contributed by atoms with Crippen molar-refractivity contribution in [3.05, 3.63) is 106 Å². The molecular weight excluding hydrogens is 430 g/mol. The highest BCUT2D eigenvalue weighted by Gasteiger charge is 2.40. The average molecular weight is 450 g/mol. The zero-order valence-electron chi connectivity index (χ0n) is 15.9. The molecule has 1 atom stereocenters. The Morgan fingerprint density at radius 2 is 1.62 bits per heavy atom. The molecule has 1 aliphatic rings. The molecular formula is C24H20BrNO3. The van der Waals surface area contributed by atoms with Gasteiger partial charge < -0.3 is 14.7 Å². The molecule has 4 rings (SSSR count). The van der Waals surface area contributed by atoms with Crippen LogP contribution in [0.25, 0.3) is 5.57 Å². The van der Waals surface area contributed by atoms with Crippen LogP contribution >= 0.6 is 15.9 Å². The van der Waals surface area contributed by atoms with Gasteiger partial charge >= 0.3 is 0 Å². The number of methoxy groups -OCH3 is 1. The summed E-state index contributed by atoms with van der Waals surface area (Å²) in [6, 6.07) is 24.7. The molecule has 0 aromatic heterocycles. The van der Waals surface area contributed by atoms with Crippen molar-refractivity contribution in [3.63, 3.8) is 0 Å². The predicted molar refractivity (Wildman–Crippen MR) is 116 cm³/mol. The van der Waals surface area contributed by atoms with E-state index in [0.717, 1.165) is 26.9 Å². The van der Waals surface area contributed by atoms with Gasteiger partial charge in [-0.3, -0.25) is 4.79 Å². The number of benzene rings is 3. The van der Waals surface area contributed by atoms with Crippen LogP contribution in [-0.2, 0) is 11.3 Å². The molecule has 0 saturated carbocycles. The molecule has 29 heavy (non-hydrogen) atoms. The Kier molecular flexibility index (Phi) is 5.41. The van der Waals surface area contributed by atoms with Crippen LogP contribution in [0.2, 0.25) is 0 Å². The number of halogens is 1. The normalized spacial score (nSPS) is 16.4. The lowest BCUT2D eigenvalue weighted by molar-refractivity contribution is -0.130. The summed E-state index contributed by atoms with van der Waals surface area (Å²) < 4.78 is 6.20. The van der Waals surface area contributed by atoms with Gasteiger partial charge in [0.15, 0.2) is 5.76 Å². The molecule has 1 N–H and O–H groups in total. The van der Waals surface area contributed by atoms with E-state index in [9.17, 15) is 9.90 Å². The first-order chi connectivity index (χ1) is 14.1. The van der Waals surface area contributed by atoms with Crippen molar-refractivity contribution in [1.29, 1.82) is 0 Å². The van der Waals surface area contributed by atoms with Crippen LogP contribution < -0.4 is 4.74 Å². The van der Waals surface area contributed by atoms with Crippen LogP contribution in [0.4, 0.5) is 0 Å². The number of aliphatic hydroxyl groups is 1. The van der Waals surface area contributed by atoms with Gasteiger partial charge in [0.1, 0.15) is 5.75 Å². The second-order valence-electron chi connectivity index (χ2n) is 6.86. The van der Waals surface area contributed by atoms with E-state index in [-0.39, 0.29) is 17.7 Å². The van der Waals surface area contributed by atoms with E-state index >= 15 is 0 Å². The second kappa shape index (κ2) is 8.13. The summed E-state index contributed by atoms with van der Waals surface area (Å²) in [6.07, 6.45) is 0. The molecule has 0 spiro atoms. The van der Waals surface area contributed by atoms with Crippen molar-refractivity contribution in [3.8, 4) is 5.75 Å². The predicted octanol–water partition coefficient (Wildman–Crippen LogP) is 5.51. The van der Waals surface area contributed by atoms with Crippen molar-refractivity contribution >= 4 is 27.4 Å². The fourth-order valence-electron chi connectivity index (χ4n) is 3.65. The number of amides is 1. The SMILES string of the molecule is COc1ccc(C2=C(O)C(=O)N(Cc3ccccc3)C2c2ccc(Br)cc2)cc1. The maximum Gasteiger partial charge on any atom is 0.290 e. The number of carbonyl (C=O) groups excluding carboxylic acids is 1. The van der Waals surface area contributed by atoms with E-state index in [4.69, 9.17) is 4.74 Å². The quantitative estimate of drug-likeness (QED) is 0.558. The maximum absolute atomic E-state index is 13.1. The van der Waals surface area contributed by atoms with Gasteiger partial charge in [-0.2, -0.15) is 0 Å². The maximum atomic E-state index is 13.1. The van der Waals surface area contributed by atoms with Gasteiger partial charge in [0, 0.05) is 16.6 Å². The molecule has 1 unspecified atom stereocenters. The second-order valence-corrected chi connectivity index (χ2v) is 7.78. The molecule has 1 aliphatic heterocycles. The summed E-state index contributed by atoms with van der Waals surface area (Å²) in [5.74, 6) is 0.145. The Morgan fingerprint density at radius 1 is 0.966 bits per heavy atom. The summed E-state index contributed by atoms with van der Waals surface area (Å²) in [5, 5.41) is 10.8. The van der Waals surface area contributed by atoms with Gasteiger partial charge in [-0.1, -0.05) is 70.5 Å². The Bertz CT molecular complexity index is 1040. The molecule has 5 heteroatoms. The standard InChI is InChI=1S/C24H20BrNO3/c1-29-20-13-9-17(10-14-20)21-22(18-7-11-19(25)12-8-18)26(24(28)23(21)27)15-16-5-3-2-4-6-16/h2-14,22,27H,15H2,1H3. The average Bonchev–Trinajstić information content (AvgIpc) is 3.00. The minimum atomic E-state index is -0.385. The fourth-order valence-corrected chi connectivity index (χ4v) is 3.92. The summed E-state index contributed by atoms with van der Waals surface area (Å²) in [7, 11) is 1.61. The molecule has 1 heterocycles. The van der Waals surface area contributed by atoms with Crippen molar-refractivity contribution in [2.24, 2.45) is 0 Å². The van der Waals surface area contributed by atoms with Gasteiger partial charge in [0.25, 0.3) is 5.91 Å². The zero-order chi connectivity index (χ0) is 20.4. The summed E-state index contributed by atoms with van der Waals surface area (Å²) in [4.78, 5) is 14.8. The molecule has 1 amide bonds. The third kappa shape index (κ3) is 3.78. The summed E-state index contributed by atoms with van der Waals surface area (Å²) in [6.45, 7) is 0.407. The molecule has 146 valence electrons. The number of rotatable bonds is 5. The number of hydrogen-bond acceptors (Lipinski definition) is 3. The van der Waals surface area contributed by atoms with Gasteiger partial charge in [-0.15, -0.1) is 0 Å². The molecule has 3 aromatic rings. The van der Waals surface area contributed by atoms with Crippen molar-refractivity contribution in [2.75, 3.05) is 7.11 Å². The molecule has 0 aliphatic carbocycles. The van der Waals surface area contributed by atoms with E-state index < -0.39 is 0 Å². The minimum Gasteiger partial charge on any atom is -0.503 e. The van der Waals surface area contributed by atoms with Crippen LogP contribution in [0.1, 0.15) is 22.7 Å². The van der Waals surface area contributed by atoms with Crippen LogP contribution in [0, 0.1) is 0 Å². The first-order valence-electron chi connectivity index (χ1n) is 9.26. The number of ether oxygens (including phenoxy) is 1. The smallest absolute Gasteiger partial charge is 0.290 e. The first kappa shape index (κ1) is 19.3. The molecule has 4 nitrogen and oxygen atoms in total. The molecule has 0 saturated heterocycles. The number of hydrogen-bond donors (Lipinski definition) is 1. The molecule has 0 radical (unpaired) electrons. The van der Waals surface area contributed by atoms with Crippen LogP contribution in [0.5, 0.6) is 5.75 Å². The van der Waals surface area contributed by atoms with Gasteiger partial charge in [0.05, 0.1) is 13.2 Å². The highest BCUT2D eigenvalue weighted by molar-refractivity contribution is 9.10. The van der Waals surface area contributed by atoms with E-state index in [2.05, 4.69) is 15.9 Å². The first-order valence-corrected chi connectivity index (χ1v) is 10.1. The minimum absolute atomic E-state index is 0.209. The number of aliphatic hydroxyl groups excluding tert-OH is 1. The summed E-state index contributed by atoms with van der Waals surface area (Å²) >= 11 is 3.47. The number of carbonyl (C=O) groups is 1. The van der Waals surface area contributed by atoms with Gasteiger partial charge in [0.2, 0.25) is 0 Å². The number of nitrogens with zero attached hydrogens (tertiary/aromatic N) is 1. The van der Waals surface area contributed by atoms with E-state index in [1.54, 1.807) is 12.0 Å². The van der Waals surface area contributed by atoms with Crippen molar-refractivity contribution in [1.82, 2.24) is 4.90 Å². The van der Waals surface area contributed by atoms with E-state index in [1.807, 2.05) is 78.9 Å². The topological polar surface area (TPSA) is 49.8 Å². The lowest BCUT2D eigenvalue weighted by Gasteiger charge is -2.27. The zero-order valence-corrected chi connectivity index (χ0v) is 17.5. The lowest BCUT2D eigenvalue weighted by atomic mass is 9.93. The lowest BCUT2D eigenvalue weighted by Crippen LogP contribution is -2.29. The molecule has 0 fully saturated rings. The van der Waals surface area contributed by atoms with Crippen LogP contribution in [0.3, 0.4) is 0 Å². The Labute approximate surface area is 178 Å². The van der Waals surface area contributed by atoms with Crippen molar-refractivity contribution in [2.45, 2.75) is 12.6 Å². The van der Waals surface area contributed by atoms with Crippen LogP contribution in [-0.4, -0.2) is 23.0 Å². The van der Waals surface area contributed by atoms with E-state index in [1.165, 1.54) is 0 Å².